The number of hydrogen-bond donors (Lipinski definition) is 0. The van der Waals surface area contributed by atoms with Crippen molar-refractivity contribution in [2.24, 2.45) is 0 Å². The van der Waals surface area contributed by atoms with E-state index in [0.717, 1.165) is 68.6 Å². The highest BCUT2D eigenvalue weighted by Gasteiger charge is 2.43. The molecule has 1 fully saturated rings. The Hall–Kier alpha value is -2.01. The predicted octanol–water partition coefficient (Wildman–Crippen LogP) is 7.96. The van der Waals surface area contributed by atoms with Crippen molar-refractivity contribution in [1.82, 2.24) is 4.90 Å². The van der Waals surface area contributed by atoms with Crippen LogP contribution in [-0.4, -0.2) is 42.7 Å². The largest absolute Gasteiger partial charge is 0.492 e. The summed E-state index contributed by atoms with van der Waals surface area (Å²) in [5, 5.41) is 1.37. The molecule has 4 rings (SSSR count). The Labute approximate surface area is 231 Å². The van der Waals surface area contributed by atoms with Crippen LogP contribution in [0, 0.1) is 0 Å². The van der Waals surface area contributed by atoms with Crippen LogP contribution in [0.1, 0.15) is 82.1 Å². The van der Waals surface area contributed by atoms with Gasteiger partial charge >= 0.3 is 5.97 Å². The van der Waals surface area contributed by atoms with Crippen LogP contribution in [0.3, 0.4) is 0 Å². The van der Waals surface area contributed by atoms with Gasteiger partial charge in [0.25, 0.3) is 0 Å². The van der Waals surface area contributed by atoms with Crippen molar-refractivity contribution in [3.63, 3.8) is 0 Å². The summed E-state index contributed by atoms with van der Waals surface area (Å²) < 4.78 is 11.6. The second-order valence-corrected chi connectivity index (χ2v) is 12.2. The quantitative estimate of drug-likeness (QED) is 0.250. The molecule has 200 valence electrons. The Bertz CT molecular complexity index is 1120. The Morgan fingerprint density at radius 2 is 1.81 bits per heavy atom. The number of esters is 1. The third-order valence-electron chi connectivity index (χ3n) is 7.35. The Morgan fingerprint density at radius 1 is 1.11 bits per heavy atom. The van der Waals surface area contributed by atoms with Gasteiger partial charge in [-0.25, -0.2) is 0 Å². The lowest BCUT2D eigenvalue weighted by Gasteiger charge is -2.38. The third kappa shape index (κ3) is 7.10. The number of benzene rings is 2. The first kappa shape index (κ1) is 28.0. The molecule has 2 aromatic rings. The van der Waals surface area contributed by atoms with Gasteiger partial charge in [0.05, 0.1) is 13.0 Å². The Balaban J connectivity index is 1.37. The molecule has 2 aromatic carbocycles. The normalized spacial score (nSPS) is 17.2. The second-order valence-electron chi connectivity index (χ2n) is 11.4. The lowest BCUT2D eigenvalue weighted by Crippen LogP contribution is -2.44. The van der Waals surface area contributed by atoms with Crippen molar-refractivity contribution in [1.29, 1.82) is 0 Å². The summed E-state index contributed by atoms with van der Waals surface area (Å²) >= 11 is 13.1. The molecule has 0 atom stereocenters. The molecule has 0 saturated carbocycles. The summed E-state index contributed by atoms with van der Waals surface area (Å²) in [5.74, 6) is 0.842. The Morgan fingerprint density at radius 3 is 2.46 bits per heavy atom. The maximum atomic E-state index is 12.1. The summed E-state index contributed by atoms with van der Waals surface area (Å²) in [6.45, 7) is 11.3. The van der Waals surface area contributed by atoms with Crippen LogP contribution in [0.4, 0.5) is 0 Å². The molecule has 6 heteroatoms. The standard InChI is InChI=1S/C31H39Cl2NO3/c1-5-6-7-23-18-26(32)24(27(33)19-23)10-8-22-9-11-25-28(20-22)36-21-31(25)13-16-34(17-14-31)15-12-29(35)37-30(2,3)4/h8-11,18-20H,5-7,12-17,21H2,1-4H3. The summed E-state index contributed by atoms with van der Waals surface area (Å²) in [5.41, 5.74) is 4.02. The van der Waals surface area contributed by atoms with Crippen LogP contribution < -0.4 is 4.74 Å². The Kier molecular flexibility index (Phi) is 8.93. The first-order valence-electron chi connectivity index (χ1n) is 13.5. The van der Waals surface area contributed by atoms with Crippen LogP contribution >= 0.6 is 23.2 Å². The molecule has 0 aromatic heterocycles. The van der Waals surface area contributed by atoms with Crippen molar-refractivity contribution in [3.8, 4) is 5.75 Å². The highest BCUT2D eigenvalue weighted by Crippen LogP contribution is 2.46. The highest BCUT2D eigenvalue weighted by atomic mass is 35.5. The average Bonchev–Trinajstić information content (AvgIpc) is 3.18. The van der Waals surface area contributed by atoms with Gasteiger partial charge in [-0.05, 0) is 88.9 Å². The van der Waals surface area contributed by atoms with E-state index in [0.29, 0.717) is 23.1 Å². The van der Waals surface area contributed by atoms with Gasteiger partial charge < -0.3 is 14.4 Å². The molecule has 37 heavy (non-hydrogen) atoms. The van der Waals surface area contributed by atoms with Crippen LogP contribution in [0.2, 0.25) is 10.0 Å². The molecule has 4 nitrogen and oxygen atoms in total. The number of unbranched alkanes of at least 4 members (excludes halogenated alkanes) is 1. The number of likely N-dealkylation sites (tertiary alicyclic amines) is 1. The van der Waals surface area contributed by atoms with Gasteiger partial charge in [0.2, 0.25) is 0 Å². The molecule has 1 saturated heterocycles. The zero-order valence-corrected chi connectivity index (χ0v) is 24.1. The molecular weight excluding hydrogens is 505 g/mol. The number of carbonyl (C=O) groups excluding carboxylic acids is 1. The number of carbonyl (C=O) groups is 1. The summed E-state index contributed by atoms with van der Waals surface area (Å²) in [6.07, 6.45) is 9.79. The first-order chi connectivity index (χ1) is 17.6. The topological polar surface area (TPSA) is 38.8 Å². The number of rotatable bonds is 8. The highest BCUT2D eigenvalue weighted by molar-refractivity contribution is 6.37. The molecule has 0 radical (unpaired) electrons. The fourth-order valence-electron chi connectivity index (χ4n) is 5.25. The van der Waals surface area contributed by atoms with E-state index in [1.54, 1.807) is 0 Å². The fraction of sp³-hybridized carbons (Fsp3) is 0.516. The van der Waals surface area contributed by atoms with Crippen molar-refractivity contribution in [3.05, 3.63) is 62.6 Å². The van der Waals surface area contributed by atoms with Crippen LogP contribution in [-0.2, 0) is 21.4 Å². The van der Waals surface area contributed by atoms with Crippen LogP contribution in [0.25, 0.3) is 12.2 Å². The van der Waals surface area contributed by atoms with E-state index >= 15 is 0 Å². The van der Waals surface area contributed by atoms with Gasteiger partial charge in [-0.15, -0.1) is 0 Å². The van der Waals surface area contributed by atoms with E-state index in [1.165, 1.54) is 11.1 Å². The van der Waals surface area contributed by atoms with Crippen molar-refractivity contribution < 1.29 is 14.3 Å². The number of hydrogen-bond acceptors (Lipinski definition) is 4. The third-order valence-corrected chi connectivity index (χ3v) is 7.97. The van der Waals surface area contributed by atoms with E-state index in [4.69, 9.17) is 32.7 Å². The van der Waals surface area contributed by atoms with Gasteiger partial charge in [0.1, 0.15) is 11.4 Å². The monoisotopic (exact) mass is 543 g/mol. The molecule has 2 aliphatic heterocycles. The summed E-state index contributed by atoms with van der Waals surface area (Å²) in [4.78, 5) is 14.5. The molecule has 0 aliphatic carbocycles. The molecular formula is C31H39Cl2NO3. The van der Waals surface area contributed by atoms with E-state index in [2.05, 4.69) is 30.0 Å². The number of aryl methyl sites for hydroxylation is 1. The lowest BCUT2D eigenvalue weighted by atomic mass is 9.74. The maximum Gasteiger partial charge on any atom is 0.307 e. The number of fused-ring (bicyclic) bond motifs is 2. The zero-order valence-electron chi connectivity index (χ0n) is 22.5. The number of ether oxygens (including phenoxy) is 2. The maximum absolute atomic E-state index is 12.1. The number of piperidine rings is 1. The van der Waals surface area contributed by atoms with E-state index in [9.17, 15) is 4.79 Å². The minimum atomic E-state index is -0.431. The summed E-state index contributed by atoms with van der Waals surface area (Å²) in [7, 11) is 0. The number of nitrogens with zero attached hydrogens (tertiary/aromatic N) is 1. The zero-order chi connectivity index (χ0) is 26.6. The van der Waals surface area contributed by atoms with Gasteiger partial charge in [-0.3, -0.25) is 4.79 Å². The predicted molar refractivity (Wildman–Crippen MR) is 154 cm³/mol. The molecule has 0 bridgehead atoms. The molecule has 0 amide bonds. The van der Waals surface area contributed by atoms with E-state index < -0.39 is 5.60 Å². The molecule has 1 spiro atoms. The average molecular weight is 545 g/mol. The molecule has 0 N–H and O–H groups in total. The van der Waals surface area contributed by atoms with E-state index in [1.807, 2.05) is 45.1 Å². The summed E-state index contributed by atoms with van der Waals surface area (Å²) in [6, 6.07) is 10.5. The van der Waals surface area contributed by atoms with Crippen LogP contribution in [0.15, 0.2) is 30.3 Å². The van der Waals surface area contributed by atoms with Crippen molar-refractivity contribution in [2.75, 3.05) is 26.2 Å². The van der Waals surface area contributed by atoms with Gasteiger partial charge in [-0.1, -0.05) is 60.8 Å². The smallest absolute Gasteiger partial charge is 0.307 e. The first-order valence-corrected chi connectivity index (χ1v) is 14.2. The van der Waals surface area contributed by atoms with E-state index in [-0.39, 0.29) is 11.4 Å². The fourth-order valence-corrected chi connectivity index (χ4v) is 5.91. The minimum Gasteiger partial charge on any atom is -0.492 e. The molecule has 2 heterocycles. The van der Waals surface area contributed by atoms with Crippen molar-refractivity contribution in [2.45, 2.75) is 77.2 Å². The second kappa shape index (κ2) is 11.8. The molecule has 2 aliphatic rings. The van der Waals surface area contributed by atoms with Crippen molar-refractivity contribution >= 4 is 41.3 Å². The molecule has 0 unspecified atom stereocenters. The van der Waals surface area contributed by atoms with Gasteiger partial charge in [-0.2, -0.15) is 0 Å². The number of halogens is 2. The SMILES string of the molecule is CCCCc1cc(Cl)c(C=Cc2ccc3c(c2)OCC32CCN(CCC(=O)OC(C)(C)C)CC2)c(Cl)c1. The van der Waals surface area contributed by atoms with Crippen LogP contribution in [0.5, 0.6) is 5.75 Å². The van der Waals surface area contributed by atoms with Gasteiger partial charge in [0, 0.05) is 33.1 Å². The lowest BCUT2D eigenvalue weighted by molar-refractivity contribution is -0.155. The minimum absolute atomic E-state index is 0.0565. The van der Waals surface area contributed by atoms with Gasteiger partial charge in [0.15, 0.2) is 0 Å².